The zero-order valence-electron chi connectivity index (χ0n) is 7.46. The van der Waals surface area contributed by atoms with Crippen molar-refractivity contribution in [1.29, 1.82) is 0 Å². The number of aromatic nitrogens is 1. The molecule has 0 unspecified atom stereocenters. The fourth-order valence-electron chi connectivity index (χ4n) is 1.27. The third kappa shape index (κ3) is 2.05. The first-order valence-corrected chi connectivity index (χ1v) is 5.44. The van der Waals surface area contributed by atoms with Crippen molar-refractivity contribution in [3.05, 3.63) is 45.9 Å². The number of anilines is 1. The first kappa shape index (κ1) is 9.49. The molecule has 72 valence electrons. The number of hydrogen-bond acceptors (Lipinski definition) is 2. The number of aromatic amines is 1. The Kier molecular flexibility index (Phi) is 2.70. The Labute approximate surface area is 91.4 Å². The molecule has 14 heavy (non-hydrogen) atoms. The van der Waals surface area contributed by atoms with Gasteiger partial charge in [-0.2, -0.15) is 0 Å². The molecule has 1 aromatic carbocycles. The van der Waals surface area contributed by atoms with Gasteiger partial charge in [-0.3, -0.25) is 5.73 Å². The summed E-state index contributed by atoms with van der Waals surface area (Å²) in [5.74, 6) is 0. The smallest absolute Gasteiger partial charge is 0.278 e. The van der Waals surface area contributed by atoms with E-state index in [1.807, 2.05) is 30.5 Å². The van der Waals surface area contributed by atoms with Crippen LogP contribution in [0.5, 0.6) is 0 Å². The summed E-state index contributed by atoms with van der Waals surface area (Å²) in [5, 5.41) is 1.53. The summed E-state index contributed by atoms with van der Waals surface area (Å²) in [5.41, 5.74) is 6.73. The van der Waals surface area contributed by atoms with Gasteiger partial charge in [0.25, 0.3) is 0 Å². The average Bonchev–Trinajstić information content (AvgIpc) is 2.56. The lowest BCUT2D eigenvalue weighted by Crippen LogP contribution is -2.01. The van der Waals surface area contributed by atoms with Crippen molar-refractivity contribution >= 4 is 28.1 Å². The minimum absolute atomic E-state index is 0.729. The second-order valence-corrected chi connectivity index (χ2v) is 4.57. The van der Waals surface area contributed by atoms with Crippen LogP contribution in [0.2, 0.25) is 5.02 Å². The van der Waals surface area contributed by atoms with Crippen LogP contribution >= 0.6 is 22.9 Å². The number of halogens is 1. The molecule has 0 fully saturated rings. The molecular weight excluding hydrogens is 216 g/mol. The van der Waals surface area contributed by atoms with Crippen LogP contribution in [-0.4, -0.2) is 0 Å². The third-order valence-corrected chi connectivity index (χ3v) is 3.17. The second-order valence-electron chi connectivity index (χ2n) is 2.99. The molecular formula is C10H10ClN2S+. The Morgan fingerprint density at radius 1 is 1.36 bits per heavy atom. The average molecular weight is 226 g/mol. The van der Waals surface area contributed by atoms with Crippen LogP contribution in [0.25, 0.3) is 0 Å². The number of hydrogen-bond donors (Lipinski definition) is 1. The number of nitrogens with two attached hydrogens (primary N) is 1. The van der Waals surface area contributed by atoms with Crippen molar-refractivity contribution in [2.75, 3.05) is 5.73 Å². The van der Waals surface area contributed by atoms with Gasteiger partial charge in [-0.15, -0.1) is 0 Å². The van der Waals surface area contributed by atoms with Gasteiger partial charge < -0.3 is 0 Å². The van der Waals surface area contributed by atoms with Crippen LogP contribution in [0.3, 0.4) is 0 Å². The number of nitrogens with one attached hydrogen (secondary N) is 1. The van der Waals surface area contributed by atoms with Crippen molar-refractivity contribution in [1.82, 2.24) is 0 Å². The molecule has 0 saturated heterocycles. The predicted octanol–water partition coefficient (Wildman–Crippen LogP) is 2.39. The van der Waals surface area contributed by atoms with Crippen molar-refractivity contribution in [2.45, 2.75) is 6.42 Å². The highest BCUT2D eigenvalue weighted by molar-refractivity contribution is 7.14. The molecule has 0 aliphatic heterocycles. The molecule has 0 saturated carbocycles. The van der Waals surface area contributed by atoms with Crippen molar-refractivity contribution < 1.29 is 4.98 Å². The molecule has 0 atom stereocenters. The highest BCUT2D eigenvalue weighted by Crippen LogP contribution is 2.21. The van der Waals surface area contributed by atoms with E-state index in [2.05, 4.69) is 4.98 Å². The summed E-state index contributed by atoms with van der Waals surface area (Å²) < 4.78 is 0. The molecule has 0 aliphatic carbocycles. The molecule has 0 radical (unpaired) electrons. The van der Waals surface area contributed by atoms with Gasteiger partial charge in [0.15, 0.2) is 0 Å². The number of benzene rings is 1. The minimum Gasteiger partial charge on any atom is -0.278 e. The van der Waals surface area contributed by atoms with E-state index in [1.54, 1.807) is 11.3 Å². The summed E-state index contributed by atoms with van der Waals surface area (Å²) in [4.78, 5) is 4.15. The Morgan fingerprint density at radius 3 is 2.79 bits per heavy atom. The molecule has 3 N–H and O–H groups in total. The van der Waals surface area contributed by atoms with E-state index in [9.17, 15) is 0 Å². The van der Waals surface area contributed by atoms with Crippen LogP contribution in [-0.2, 0) is 6.42 Å². The molecule has 2 aromatic rings. The molecule has 0 aliphatic rings. The van der Waals surface area contributed by atoms with Crippen LogP contribution in [0.15, 0.2) is 30.5 Å². The Morgan fingerprint density at radius 2 is 2.14 bits per heavy atom. The monoisotopic (exact) mass is 225 g/mol. The lowest BCUT2D eigenvalue weighted by atomic mass is 10.1. The minimum atomic E-state index is 0.729. The Hall–Kier alpha value is -1.06. The molecule has 1 aromatic heterocycles. The number of rotatable bonds is 2. The summed E-state index contributed by atoms with van der Waals surface area (Å²) >= 11 is 7.60. The van der Waals surface area contributed by atoms with E-state index in [4.69, 9.17) is 17.3 Å². The van der Waals surface area contributed by atoms with Crippen molar-refractivity contribution in [2.24, 2.45) is 0 Å². The summed E-state index contributed by atoms with van der Waals surface area (Å²) in [6, 6.07) is 7.85. The maximum Gasteiger partial charge on any atom is 0.329 e. The van der Waals surface area contributed by atoms with E-state index in [-0.39, 0.29) is 0 Å². The molecule has 2 rings (SSSR count). The van der Waals surface area contributed by atoms with Gasteiger partial charge >= 0.3 is 5.13 Å². The Balaban J connectivity index is 2.23. The van der Waals surface area contributed by atoms with Gasteiger partial charge in [-0.1, -0.05) is 41.1 Å². The molecule has 4 heteroatoms. The van der Waals surface area contributed by atoms with Crippen molar-refractivity contribution in [3.8, 4) is 0 Å². The first-order valence-electron chi connectivity index (χ1n) is 4.25. The van der Waals surface area contributed by atoms with Crippen LogP contribution in [0.1, 0.15) is 10.4 Å². The zero-order valence-corrected chi connectivity index (χ0v) is 9.03. The topological polar surface area (TPSA) is 40.2 Å². The molecule has 0 amide bonds. The summed E-state index contributed by atoms with van der Waals surface area (Å²) in [7, 11) is 0. The Bertz CT molecular complexity index is 439. The first-order chi connectivity index (χ1) is 6.75. The highest BCUT2D eigenvalue weighted by Gasteiger charge is 2.05. The van der Waals surface area contributed by atoms with Gasteiger partial charge in [-0.05, 0) is 11.6 Å². The highest BCUT2D eigenvalue weighted by atomic mass is 35.5. The second kappa shape index (κ2) is 3.98. The number of nitrogen functional groups attached to an aromatic ring is 1. The summed E-state index contributed by atoms with van der Waals surface area (Å²) in [6.45, 7) is 0. The standard InChI is InChI=1S/C10H9ClN2S/c11-9-4-2-1-3-7(9)5-8-6-13-10(12)14-8/h1-4,6H,5H2,(H2,12,13)/p+1. The number of thiazole rings is 1. The third-order valence-electron chi connectivity index (χ3n) is 1.94. The van der Waals surface area contributed by atoms with Crippen LogP contribution in [0, 0.1) is 0 Å². The lowest BCUT2D eigenvalue weighted by Gasteiger charge is -1.99. The van der Waals surface area contributed by atoms with Gasteiger partial charge in [0.1, 0.15) is 6.20 Å². The van der Waals surface area contributed by atoms with E-state index >= 15 is 0 Å². The van der Waals surface area contributed by atoms with Crippen LogP contribution < -0.4 is 10.7 Å². The fourth-order valence-corrected chi connectivity index (χ4v) is 2.22. The van der Waals surface area contributed by atoms with Crippen molar-refractivity contribution in [3.63, 3.8) is 0 Å². The maximum atomic E-state index is 6.04. The zero-order chi connectivity index (χ0) is 9.97. The largest absolute Gasteiger partial charge is 0.329 e. The van der Waals surface area contributed by atoms with Gasteiger partial charge in [0.2, 0.25) is 0 Å². The van der Waals surface area contributed by atoms with E-state index in [1.165, 1.54) is 4.88 Å². The molecule has 1 heterocycles. The SMILES string of the molecule is Nc1[nH+]cc(Cc2ccccc2Cl)s1. The quantitative estimate of drug-likeness (QED) is 0.838. The van der Waals surface area contributed by atoms with Gasteiger partial charge in [0.05, 0.1) is 4.88 Å². The summed E-state index contributed by atoms with van der Waals surface area (Å²) in [6.07, 6.45) is 2.75. The fraction of sp³-hybridized carbons (Fsp3) is 0.100. The van der Waals surface area contributed by atoms with E-state index in [0.717, 1.165) is 22.1 Å². The number of H-pyrrole nitrogens is 1. The molecule has 2 nitrogen and oxygen atoms in total. The normalized spacial score (nSPS) is 10.4. The predicted molar refractivity (Wildman–Crippen MR) is 59.5 cm³/mol. The van der Waals surface area contributed by atoms with Gasteiger partial charge in [-0.25, -0.2) is 4.98 Å². The molecule has 0 spiro atoms. The van der Waals surface area contributed by atoms with E-state index < -0.39 is 0 Å². The van der Waals surface area contributed by atoms with Crippen LogP contribution in [0.4, 0.5) is 5.13 Å². The maximum absolute atomic E-state index is 6.04. The van der Waals surface area contributed by atoms with E-state index in [0.29, 0.717) is 0 Å². The molecule has 0 bridgehead atoms. The van der Waals surface area contributed by atoms with Gasteiger partial charge in [0, 0.05) is 11.4 Å². The lowest BCUT2D eigenvalue weighted by molar-refractivity contribution is -0.354.